The summed E-state index contributed by atoms with van der Waals surface area (Å²) in [4.78, 5) is 22.1. The first kappa shape index (κ1) is 31.5. The van der Waals surface area contributed by atoms with Gasteiger partial charge in [-0.1, -0.05) is 27.0 Å². The molecule has 0 spiro atoms. The molecule has 0 N–H and O–H groups in total. The fraction of sp³-hybridized carbons (Fsp3) is 0.793. The van der Waals surface area contributed by atoms with Crippen LogP contribution in [0.1, 0.15) is 79.1 Å². The first-order valence-electron chi connectivity index (χ1n) is 13.8. The molecule has 212 valence electrons. The van der Waals surface area contributed by atoms with Crippen molar-refractivity contribution >= 4 is 11.9 Å². The second-order valence-corrected chi connectivity index (χ2v) is 10.7. The van der Waals surface area contributed by atoms with Crippen molar-refractivity contribution in [2.45, 2.75) is 104 Å². The lowest BCUT2D eigenvalue weighted by molar-refractivity contribution is -0.181. The summed E-state index contributed by atoms with van der Waals surface area (Å²) in [5.74, 6) is 0.488. The van der Waals surface area contributed by atoms with E-state index in [2.05, 4.69) is 27.0 Å². The summed E-state index contributed by atoms with van der Waals surface area (Å²) >= 11 is 0. The molecule has 2 fully saturated rings. The minimum Gasteiger partial charge on any atom is -0.460 e. The molecule has 0 aromatic heterocycles. The van der Waals surface area contributed by atoms with E-state index in [9.17, 15) is 9.59 Å². The van der Waals surface area contributed by atoms with Crippen LogP contribution in [0.5, 0.6) is 0 Å². The maximum absolute atomic E-state index is 11.1. The molecule has 0 radical (unpaired) electrons. The number of hydrogen-bond donors (Lipinski definition) is 0. The molecule has 0 amide bonds. The standard InChI is InChI=1S/C29H48O8/c1-7-27(30)34-19-17-32-21(3)36-25-13-9-23(10-14-25)29(5,6)24-11-15-26(16-12-24)37-22(4)33-18-20-35-28(31)8-2/h7-8,21-26H,1-2,9-20H2,3-6H3. The van der Waals surface area contributed by atoms with Crippen molar-refractivity contribution in [2.24, 2.45) is 17.3 Å². The van der Waals surface area contributed by atoms with Crippen molar-refractivity contribution in [3.63, 3.8) is 0 Å². The summed E-state index contributed by atoms with van der Waals surface area (Å²) in [6.07, 6.45) is 10.9. The van der Waals surface area contributed by atoms with Gasteiger partial charge in [0, 0.05) is 12.2 Å². The lowest BCUT2D eigenvalue weighted by Gasteiger charge is -2.47. The average Bonchev–Trinajstić information content (AvgIpc) is 2.89. The minimum absolute atomic E-state index is 0.200. The highest BCUT2D eigenvalue weighted by molar-refractivity contribution is 5.81. The summed E-state index contributed by atoms with van der Waals surface area (Å²) in [5, 5.41) is 0. The summed E-state index contributed by atoms with van der Waals surface area (Å²) < 4.78 is 33.3. The number of carbonyl (C=O) groups is 2. The highest BCUT2D eigenvalue weighted by Crippen LogP contribution is 2.49. The van der Waals surface area contributed by atoms with Crippen LogP contribution >= 0.6 is 0 Å². The van der Waals surface area contributed by atoms with Gasteiger partial charge in [-0.3, -0.25) is 0 Å². The van der Waals surface area contributed by atoms with Crippen LogP contribution in [0.4, 0.5) is 0 Å². The van der Waals surface area contributed by atoms with Gasteiger partial charge in [-0.25, -0.2) is 9.59 Å². The molecule has 0 aliphatic heterocycles. The van der Waals surface area contributed by atoms with Gasteiger partial charge in [0.05, 0.1) is 25.4 Å². The van der Waals surface area contributed by atoms with Crippen LogP contribution in [-0.2, 0) is 38.0 Å². The first-order valence-corrected chi connectivity index (χ1v) is 13.8. The van der Waals surface area contributed by atoms with Gasteiger partial charge in [0.1, 0.15) is 13.2 Å². The predicted molar refractivity (Wildman–Crippen MR) is 141 cm³/mol. The fourth-order valence-electron chi connectivity index (χ4n) is 5.67. The Kier molecular flexibility index (Phi) is 13.8. The molecule has 2 atom stereocenters. The number of esters is 2. The molecule has 8 nitrogen and oxygen atoms in total. The normalized spacial score (nSPS) is 26.1. The van der Waals surface area contributed by atoms with Crippen LogP contribution in [-0.4, -0.2) is 63.2 Å². The third kappa shape index (κ3) is 11.3. The maximum Gasteiger partial charge on any atom is 0.330 e. The van der Waals surface area contributed by atoms with E-state index in [0.29, 0.717) is 25.0 Å². The van der Waals surface area contributed by atoms with Crippen molar-refractivity contribution in [1.29, 1.82) is 0 Å². The molecule has 8 heteroatoms. The van der Waals surface area contributed by atoms with E-state index in [1.54, 1.807) is 0 Å². The van der Waals surface area contributed by atoms with Crippen LogP contribution in [0.3, 0.4) is 0 Å². The molecular weight excluding hydrogens is 476 g/mol. The molecule has 0 heterocycles. The minimum atomic E-state index is -0.441. The van der Waals surface area contributed by atoms with Crippen LogP contribution in [0.2, 0.25) is 0 Å². The molecule has 2 rings (SSSR count). The van der Waals surface area contributed by atoms with Gasteiger partial charge in [0.15, 0.2) is 12.6 Å². The SMILES string of the molecule is C=CC(=O)OCCOC(C)OC1CCC(C(C)(C)C2CCC(OC(C)OCCOC(=O)C=C)CC2)CC1. The molecule has 2 unspecified atom stereocenters. The van der Waals surface area contributed by atoms with Crippen LogP contribution in [0.15, 0.2) is 25.3 Å². The van der Waals surface area contributed by atoms with E-state index in [-0.39, 0.29) is 43.4 Å². The number of ether oxygens (including phenoxy) is 6. The van der Waals surface area contributed by atoms with E-state index < -0.39 is 11.9 Å². The summed E-state index contributed by atoms with van der Waals surface area (Å²) in [6.45, 7) is 16.4. The highest BCUT2D eigenvalue weighted by Gasteiger charge is 2.41. The zero-order valence-electron chi connectivity index (χ0n) is 23.3. The molecule has 2 aliphatic rings. The zero-order valence-corrected chi connectivity index (χ0v) is 23.3. The molecule has 0 aromatic rings. The van der Waals surface area contributed by atoms with Gasteiger partial charge in [-0.15, -0.1) is 0 Å². The molecular formula is C29H48O8. The van der Waals surface area contributed by atoms with E-state index in [4.69, 9.17) is 28.4 Å². The van der Waals surface area contributed by atoms with Gasteiger partial charge in [0.25, 0.3) is 0 Å². The average molecular weight is 525 g/mol. The zero-order chi connectivity index (χ0) is 27.3. The third-order valence-electron chi connectivity index (χ3n) is 7.91. The molecule has 2 saturated carbocycles. The van der Waals surface area contributed by atoms with Crippen molar-refractivity contribution in [3.05, 3.63) is 25.3 Å². The number of hydrogen-bond acceptors (Lipinski definition) is 8. The quantitative estimate of drug-likeness (QED) is 0.116. The molecule has 2 aliphatic carbocycles. The van der Waals surface area contributed by atoms with Crippen molar-refractivity contribution in [3.8, 4) is 0 Å². The van der Waals surface area contributed by atoms with Crippen LogP contribution in [0.25, 0.3) is 0 Å². The van der Waals surface area contributed by atoms with Crippen LogP contribution < -0.4 is 0 Å². The van der Waals surface area contributed by atoms with Crippen LogP contribution in [0, 0.1) is 17.3 Å². The third-order valence-corrected chi connectivity index (χ3v) is 7.91. The Hall–Kier alpha value is -1.74. The first-order chi connectivity index (χ1) is 17.6. The van der Waals surface area contributed by atoms with Gasteiger partial charge in [-0.2, -0.15) is 0 Å². The summed E-state index contributed by atoms with van der Waals surface area (Å²) in [5.41, 5.74) is 0.282. The monoisotopic (exact) mass is 524 g/mol. The lowest BCUT2D eigenvalue weighted by Crippen LogP contribution is -2.40. The summed E-state index contributed by atoms with van der Waals surface area (Å²) in [7, 11) is 0. The van der Waals surface area contributed by atoms with Crippen molar-refractivity contribution in [2.75, 3.05) is 26.4 Å². The largest absolute Gasteiger partial charge is 0.460 e. The Balaban J connectivity index is 1.63. The number of carbonyl (C=O) groups excluding carboxylic acids is 2. The highest BCUT2D eigenvalue weighted by atomic mass is 16.7. The Labute approximate surface area is 223 Å². The molecule has 0 bridgehead atoms. The van der Waals surface area contributed by atoms with Gasteiger partial charge in [-0.05, 0) is 82.5 Å². The second kappa shape index (κ2) is 16.3. The topological polar surface area (TPSA) is 89.5 Å². The van der Waals surface area contributed by atoms with Crippen molar-refractivity contribution < 1.29 is 38.0 Å². The smallest absolute Gasteiger partial charge is 0.330 e. The van der Waals surface area contributed by atoms with E-state index in [1.165, 1.54) is 25.7 Å². The van der Waals surface area contributed by atoms with E-state index >= 15 is 0 Å². The Morgan fingerprint density at radius 3 is 1.38 bits per heavy atom. The Bertz CT molecular complexity index is 647. The van der Waals surface area contributed by atoms with E-state index in [1.807, 2.05) is 13.8 Å². The van der Waals surface area contributed by atoms with Crippen molar-refractivity contribution in [1.82, 2.24) is 0 Å². The maximum atomic E-state index is 11.1. The van der Waals surface area contributed by atoms with Gasteiger partial charge < -0.3 is 28.4 Å². The van der Waals surface area contributed by atoms with Gasteiger partial charge >= 0.3 is 11.9 Å². The second-order valence-electron chi connectivity index (χ2n) is 10.7. The van der Waals surface area contributed by atoms with E-state index in [0.717, 1.165) is 37.8 Å². The number of rotatable bonds is 16. The molecule has 0 saturated heterocycles. The fourth-order valence-corrected chi connectivity index (χ4v) is 5.67. The molecule has 0 aromatic carbocycles. The Morgan fingerprint density at radius 1 is 0.703 bits per heavy atom. The Morgan fingerprint density at radius 2 is 1.05 bits per heavy atom. The lowest BCUT2D eigenvalue weighted by atomic mass is 9.60. The molecule has 37 heavy (non-hydrogen) atoms. The summed E-state index contributed by atoms with van der Waals surface area (Å²) in [6, 6.07) is 0. The predicted octanol–water partition coefficient (Wildman–Crippen LogP) is 5.35. The van der Waals surface area contributed by atoms with Gasteiger partial charge in [0.2, 0.25) is 0 Å².